The number of aromatic nitrogens is 2. The van der Waals surface area contributed by atoms with Crippen molar-refractivity contribution in [1.29, 1.82) is 0 Å². The minimum atomic E-state index is 0.499. The smallest absolute Gasteiger partial charge is 0.232 e. The van der Waals surface area contributed by atoms with Crippen molar-refractivity contribution in [2.24, 2.45) is 0 Å². The lowest BCUT2D eigenvalue weighted by molar-refractivity contribution is 0.395. The van der Waals surface area contributed by atoms with Crippen molar-refractivity contribution in [1.82, 2.24) is 9.97 Å². The molecule has 0 amide bonds. The van der Waals surface area contributed by atoms with Crippen LogP contribution < -0.4 is 4.74 Å². The zero-order valence-electron chi connectivity index (χ0n) is 8.84. The molecule has 0 saturated carbocycles. The van der Waals surface area contributed by atoms with Crippen LogP contribution in [0.3, 0.4) is 0 Å². The van der Waals surface area contributed by atoms with Crippen LogP contribution in [0.4, 0.5) is 0 Å². The van der Waals surface area contributed by atoms with E-state index in [1.807, 2.05) is 30.3 Å². The molecule has 16 heavy (non-hydrogen) atoms. The number of benzene rings is 1. The quantitative estimate of drug-likeness (QED) is 0.674. The number of rotatable bonds is 1. The molecule has 0 radical (unpaired) electrons. The minimum absolute atomic E-state index is 0.499. The van der Waals surface area contributed by atoms with Crippen LogP contribution in [0.1, 0.15) is 11.1 Å². The van der Waals surface area contributed by atoms with Crippen LogP contribution in [0.15, 0.2) is 42.9 Å². The van der Waals surface area contributed by atoms with Crippen LogP contribution in [0.25, 0.3) is 0 Å². The van der Waals surface area contributed by atoms with E-state index in [9.17, 15) is 0 Å². The number of methoxy groups -OCH3 is 1. The number of hydrogen-bond donors (Lipinski definition) is 0. The molecule has 2 aromatic rings. The van der Waals surface area contributed by atoms with E-state index in [1.165, 1.54) is 6.33 Å². The summed E-state index contributed by atoms with van der Waals surface area (Å²) < 4.78 is 5.08. The maximum atomic E-state index is 5.08. The van der Waals surface area contributed by atoms with Gasteiger partial charge in [-0.25, -0.2) is 9.97 Å². The molecule has 0 aliphatic rings. The van der Waals surface area contributed by atoms with Crippen molar-refractivity contribution >= 4 is 0 Å². The molecule has 0 aliphatic carbocycles. The van der Waals surface area contributed by atoms with Crippen LogP contribution in [0, 0.1) is 11.8 Å². The molecule has 78 valence electrons. The van der Waals surface area contributed by atoms with E-state index in [4.69, 9.17) is 4.74 Å². The van der Waals surface area contributed by atoms with Gasteiger partial charge < -0.3 is 4.74 Å². The third kappa shape index (κ3) is 2.37. The SMILES string of the molecule is COc1ncncc1C#Cc1ccccc1. The highest BCUT2D eigenvalue weighted by atomic mass is 16.5. The first-order chi connectivity index (χ1) is 7.90. The van der Waals surface area contributed by atoms with Crippen molar-refractivity contribution < 1.29 is 4.74 Å². The lowest BCUT2D eigenvalue weighted by atomic mass is 10.2. The van der Waals surface area contributed by atoms with Gasteiger partial charge in [-0.05, 0) is 12.1 Å². The molecule has 0 fully saturated rings. The zero-order valence-corrected chi connectivity index (χ0v) is 8.84. The van der Waals surface area contributed by atoms with Crippen molar-refractivity contribution in [3.8, 4) is 17.7 Å². The fourth-order valence-electron chi connectivity index (χ4n) is 1.23. The predicted molar refractivity (Wildman–Crippen MR) is 61.0 cm³/mol. The lowest BCUT2D eigenvalue weighted by Gasteiger charge is -1.98. The van der Waals surface area contributed by atoms with Crippen molar-refractivity contribution in [3.63, 3.8) is 0 Å². The summed E-state index contributed by atoms with van der Waals surface area (Å²) in [6.45, 7) is 0. The Labute approximate surface area is 94.1 Å². The van der Waals surface area contributed by atoms with E-state index in [1.54, 1.807) is 13.3 Å². The molecule has 3 heteroatoms. The molecular formula is C13H10N2O. The Morgan fingerprint density at radius 3 is 2.69 bits per heavy atom. The molecule has 0 N–H and O–H groups in total. The minimum Gasteiger partial charge on any atom is -0.480 e. The Bertz CT molecular complexity index is 526. The van der Waals surface area contributed by atoms with Crippen LogP contribution in [0.2, 0.25) is 0 Å². The van der Waals surface area contributed by atoms with E-state index in [0.717, 1.165) is 5.56 Å². The second kappa shape index (κ2) is 4.94. The Hall–Kier alpha value is -2.34. The molecule has 0 bridgehead atoms. The monoisotopic (exact) mass is 210 g/mol. The predicted octanol–water partition coefficient (Wildman–Crippen LogP) is 1.89. The normalized spacial score (nSPS) is 9.06. The first-order valence-electron chi connectivity index (χ1n) is 4.81. The van der Waals surface area contributed by atoms with Crippen LogP contribution in [-0.2, 0) is 0 Å². The zero-order chi connectivity index (χ0) is 11.2. The topological polar surface area (TPSA) is 35.0 Å². The average molecular weight is 210 g/mol. The highest BCUT2D eigenvalue weighted by molar-refractivity contribution is 5.45. The van der Waals surface area contributed by atoms with E-state index < -0.39 is 0 Å². The molecule has 0 atom stereocenters. The van der Waals surface area contributed by atoms with E-state index in [0.29, 0.717) is 11.4 Å². The Morgan fingerprint density at radius 1 is 1.12 bits per heavy atom. The summed E-state index contributed by atoms with van der Waals surface area (Å²) in [7, 11) is 1.57. The van der Waals surface area contributed by atoms with Gasteiger partial charge in [0.05, 0.1) is 7.11 Å². The summed E-state index contributed by atoms with van der Waals surface area (Å²) in [5.41, 5.74) is 1.64. The second-order valence-electron chi connectivity index (χ2n) is 3.06. The summed E-state index contributed by atoms with van der Waals surface area (Å²) in [5.74, 6) is 6.50. The number of nitrogens with zero attached hydrogens (tertiary/aromatic N) is 2. The lowest BCUT2D eigenvalue weighted by Crippen LogP contribution is -1.92. The summed E-state index contributed by atoms with van der Waals surface area (Å²) in [5, 5.41) is 0. The van der Waals surface area contributed by atoms with E-state index in [2.05, 4.69) is 21.8 Å². The van der Waals surface area contributed by atoms with Crippen LogP contribution in [-0.4, -0.2) is 17.1 Å². The number of ether oxygens (including phenoxy) is 1. The fourth-order valence-corrected chi connectivity index (χ4v) is 1.23. The highest BCUT2D eigenvalue weighted by Gasteiger charge is 1.98. The summed E-state index contributed by atoms with van der Waals surface area (Å²) in [6.07, 6.45) is 3.08. The molecule has 2 rings (SSSR count). The van der Waals surface area contributed by atoms with Gasteiger partial charge in [-0.1, -0.05) is 30.0 Å². The highest BCUT2D eigenvalue weighted by Crippen LogP contribution is 2.10. The fraction of sp³-hybridized carbons (Fsp3) is 0.0769. The van der Waals surface area contributed by atoms with Gasteiger partial charge in [0.2, 0.25) is 5.88 Å². The molecule has 3 nitrogen and oxygen atoms in total. The van der Waals surface area contributed by atoms with Crippen LogP contribution >= 0.6 is 0 Å². The molecule has 0 saturated heterocycles. The van der Waals surface area contributed by atoms with Crippen molar-refractivity contribution in [2.75, 3.05) is 7.11 Å². The van der Waals surface area contributed by atoms with E-state index in [-0.39, 0.29) is 0 Å². The Morgan fingerprint density at radius 2 is 1.94 bits per heavy atom. The molecule has 1 aromatic carbocycles. The average Bonchev–Trinajstić information content (AvgIpc) is 2.38. The van der Waals surface area contributed by atoms with Gasteiger partial charge in [-0.15, -0.1) is 0 Å². The van der Waals surface area contributed by atoms with Crippen molar-refractivity contribution in [3.05, 3.63) is 54.0 Å². The third-order valence-corrected chi connectivity index (χ3v) is 1.98. The first kappa shape index (κ1) is 10.2. The number of hydrogen-bond acceptors (Lipinski definition) is 3. The van der Waals surface area contributed by atoms with Crippen molar-refractivity contribution in [2.45, 2.75) is 0 Å². The summed E-state index contributed by atoms with van der Waals surface area (Å²) in [6, 6.07) is 9.75. The molecule has 1 aromatic heterocycles. The van der Waals surface area contributed by atoms with Gasteiger partial charge >= 0.3 is 0 Å². The van der Waals surface area contributed by atoms with Crippen LogP contribution in [0.5, 0.6) is 5.88 Å². The molecule has 0 spiro atoms. The van der Waals surface area contributed by atoms with Gasteiger partial charge in [0.25, 0.3) is 0 Å². The Kier molecular flexibility index (Phi) is 3.15. The van der Waals surface area contributed by atoms with Gasteiger partial charge in [0, 0.05) is 11.8 Å². The van der Waals surface area contributed by atoms with Gasteiger partial charge in [-0.3, -0.25) is 0 Å². The van der Waals surface area contributed by atoms with Gasteiger partial charge in [0.15, 0.2) is 0 Å². The van der Waals surface area contributed by atoms with Gasteiger partial charge in [0.1, 0.15) is 11.9 Å². The summed E-state index contributed by atoms with van der Waals surface area (Å²) >= 11 is 0. The second-order valence-corrected chi connectivity index (χ2v) is 3.06. The molecule has 1 heterocycles. The molecule has 0 aliphatic heterocycles. The molecule has 0 unspecified atom stereocenters. The van der Waals surface area contributed by atoms with Gasteiger partial charge in [-0.2, -0.15) is 0 Å². The Balaban J connectivity index is 2.31. The maximum Gasteiger partial charge on any atom is 0.232 e. The third-order valence-electron chi connectivity index (χ3n) is 1.98. The maximum absolute atomic E-state index is 5.08. The van der Waals surface area contributed by atoms with E-state index >= 15 is 0 Å². The molecular weight excluding hydrogens is 200 g/mol. The standard InChI is InChI=1S/C13H10N2O/c1-16-13-12(9-14-10-15-13)8-7-11-5-3-2-4-6-11/h2-6,9-10H,1H3. The summed E-state index contributed by atoms with van der Waals surface area (Å²) in [4.78, 5) is 7.89. The largest absolute Gasteiger partial charge is 0.480 e. The first-order valence-corrected chi connectivity index (χ1v) is 4.81.